The number of pyridine rings is 1. The van der Waals surface area contributed by atoms with E-state index in [4.69, 9.17) is 11.6 Å². The third-order valence-corrected chi connectivity index (χ3v) is 4.05. The summed E-state index contributed by atoms with van der Waals surface area (Å²) in [6, 6.07) is 3.09. The van der Waals surface area contributed by atoms with E-state index >= 15 is 0 Å². The lowest BCUT2D eigenvalue weighted by Crippen LogP contribution is -1.94. The van der Waals surface area contributed by atoms with Gasteiger partial charge in [-0.1, -0.05) is 11.6 Å². The van der Waals surface area contributed by atoms with Crippen molar-refractivity contribution in [1.29, 1.82) is 0 Å². The summed E-state index contributed by atoms with van der Waals surface area (Å²) in [5.74, 6) is -0.301. The van der Waals surface area contributed by atoms with Crippen LogP contribution in [0.1, 0.15) is 17.7 Å². The Morgan fingerprint density at radius 2 is 2.12 bits per heavy atom. The molecule has 1 aromatic carbocycles. The number of benzene rings is 1. The molecule has 0 atom stereocenters. The smallest absolute Gasteiger partial charge is 0.134 e. The fourth-order valence-electron chi connectivity index (χ4n) is 2.23. The van der Waals surface area contributed by atoms with E-state index in [9.17, 15) is 4.39 Å². The van der Waals surface area contributed by atoms with Crippen molar-refractivity contribution in [1.82, 2.24) is 4.98 Å². The van der Waals surface area contributed by atoms with Crippen LogP contribution in [0.4, 0.5) is 4.39 Å². The zero-order chi connectivity index (χ0) is 11.3. The van der Waals surface area contributed by atoms with E-state index < -0.39 is 0 Å². The molecule has 2 aromatic rings. The van der Waals surface area contributed by atoms with Crippen LogP contribution < -0.4 is 0 Å². The van der Waals surface area contributed by atoms with Gasteiger partial charge in [0.05, 0.1) is 15.9 Å². The van der Waals surface area contributed by atoms with Gasteiger partial charge in [0.2, 0.25) is 0 Å². The fraction of sp³-hybridized carbons (Fsp3) is 0.250. The van der Waals surface area contributed by atoms with Gasteiger partial charge in [-0.25, -0.2) is 4.39 Å². The average Bonchev–Trinajstić information content (AvgIpc) is 2.72. The zero-order valence-electron chi connectivity index (χ0n) is 8.36. The summed E-state index contributed by atoms with van der Waals surface area (Å²) in [5, 5.41) is 0.980. The molecule has 1 heterocycles. The number of aryl methyl sites for hydroxylation is 1. The lowest BCUT2D eigenvalue weighted by Gasteiger charge is -2.08. The highest BCUT2D eigenvalue weighted by Crippen LogP contribution is 2.37. The van der Waals surface area contributed by atoms with Gasteiger partial charge in [-0.15, -0.1) is 0 Å². The molecule has 0 bridgehead atoms. The number of hydrogen-bond donors (Lipinski definition) is 0. The minimum Gasteiger partial charge on any atom is -0.251 e. The molecular formula is C12H8BrClFN. The standard InChI is InChI=1S/C12H8BrClFN/c13-7-4-5-8(15)10-11(14)6-2-1-3-9(6)16-12(7)10/h4-5H,1-3H2. The molecule has 1 aliphatic rings. The monoisotopic (exact) mass is 299 g/mol. The second kappa shape index (κ2) is 3.67. The molecule has 1 aliphatic carbocycles. The van der Waals surface area contributed by atoms with Gasteiger partial charge in [0, 0.05) is 10.2 Å². The number of rotatable bonds is 0. The third kappa shape index (κ3) is 1.38. The summed E-state index contributed by atoms with van der Waals surface area (Å²) >= 11 is 9.65. The van der Waals surface area contributed by atoms with Gasteiger partial charge < -0.3 is 0 Å². The Kier molecular flexibility index (Phi) is 2.41. The Labute approximate surface area is 106 Å². The quantitative estimate of drug-likeness (QED) is 0.708. The Morgan fingerprint density at radius 3 is 2.94 bits per heavy atom. The van der Waals surface area contributed by atoms with Crippen LogP contribution in [0.3, 0.4) is 0 Å². The first-order valence-corrected chi connectivity index (χ1v) is 6.30. The predicted octanol–water partition coefficient (Wildman–Crippen LogP) is 4.28. The van der Waals surface area contributed by atoms with E-state index in [1.54, 1.807) is 6.07 Å². The molecule has 0 radical (unpaired) electrons. The van der Waals surface area contributed by atoms with Crippen molar-refractivity contribution in [2.45, 2.75) is 19.3 Å². The molecule has 1 aromatic heterocycles. The number of fused-ring (bicyclic) bond motifs is 2. The molecule has 16 heavy (non-hydrogen) atoms. The summed E-state index contributed by atoms with van der Waals surface area (Å²) < 4.78 is 14.5. The Hall–Kier alpha value is -0.670. The maximum Gasteiger partial charge on any atom is 0.134 e. The van der Waals surface area contributed by atoms with E-state index in [0.29, 0.717) is 15.9 Å². The molecular weight excluding hydrogens is 292 g/mol. The highest BCUT2D eigenvalue weighted by atomic mass is 79.9. The molecule has 1 nitrogen and oxygen atoms in total. The van der Waals surface area contributed by atoms with Crippen LogP contribution in [0.25, 0.3) is 10.9 Å². The van der Waals surface area contributed by atoms with Crippen molar-refractivity contribution in [3.63, 3.8) is 0 Å². The second-order valence-electron chi connectivity index (χ2n) is 3.96. The third-order valence-electron chi connectivity index (χ3n) is 3.00. The first kappa shape index (κ1) is 10.5. The van der Waals surface area contributed by atoms with Crippen molar-refractivity contribution in [2.24, 2.45) is 0 Å². The Morgan fingerprint density at radius 1 is 1.31 bits per heavy atom. The van der Waals surface area contributed by atoms with E-state index in [-0.39, 0.29) is 5.82 Å². The maximum atomic E-state index is 13.8. The second-order valence-corrected chi connectivity index (χ2v) is 5.19. The van der Waals surface area contributed by atoms with Crippen LogP contribution in [0.15, 0.2) is 16.6 Å². The molecule has 0 unspecified atom stereocenters. The van der Waals surface area contributed by atoms with Crippen LogP contribution in [-0.4, -0.2) is 4.98 Å². The van der Waals surface area contributed by atoms with Crippen molar-refractivity contribution in [2.75, 3.05) is 0 Å². The maximum absolute atomic E-state index is 13.8. The van der Waals surface area contributed by atoms with Gasteiger partial charge >= 0.3 is 0 Å². The SMILES string of the molecule is Fc1ccc(Br)c2nc3c(c(Cl)c12)CCC3. The van der Waals surface area contributed by atoms with E-state index in [1.165, 1.54) is 6.07 Å². The molecule has 4 heteroatoms. The van der Waals surface area contributed by atoms with Gasteiger partial charge in [-0.05, 0) is 52.9 Å². The number of nitrogens with zero attached hydrogens (tertiary/aromatic N) is 1. The van der Waals surface area contributed by atoms with Crippen LogP contribution in [0.2, 0.25) is 5.02 Å². The van der Waals surface area contributed by atoms with Gasteiger partial charge in [-0.2, -0.15) is 0 Å². The van der Waals surface area contributed by atoms with Crippen molar-refractivity contribution in [3.8, 4) is 0 Å². The largest absolute Gasteiger partial charge is 0.251 e. The number of aromatic nitrogens is 1. The van der Waals surface area contributed by atoms with Crippen LogP contribution in [0, 0.1) is 5.82 Å². The van der Waals surface area contributed by atoms with E-state index in [0.717, 1.165) is 35.0 Å². The van der Waals surface area contributed by atoms with Crippen molar-refractivity contribution in [3.05, 3.63) is 38.7 Å². The summed E-state index contributed by atoms with van der Waals surface area (Å²) in [6.45, 7) is 0. The summed E-state index contributed by atoms with van der Waals surface area (Å²) in [7, 11) is 0. The van der Waals surface area contributed by atoms with E-state index in [1.807, 2.05) is 0 Å². The number of hydrogen-bond acceptors (Lipinski definition) is 1. The highest BCUT2D eigenvalue weighted by molar-refractivity contribution is 9.10. The summed E-state index contributed by atoms with van der Waals surface area (Å²) in [4.78, 5) is 4.51. The minimum atomic E-state index is -0.301. The van der Waals surface area contributed by atoms with Crippen LogP contribution >= 0.6 is 27.5 Å². The normalized spacial score (nSPS) is 14.4. The van der Waals surface area contributed by atoms with Gasteiger partial charge in [0.1, 0.15) is 5.82 Å². The molecule has 3 rings (SSSR count). The lowest BCUT2D eigenvalue weighted by molar-refractivity contribution is 0.639. The zero-order valence-corrected chi connectivity index (χ0v) is 10.7. The Bertz CT molecular complexity index is 597. The Balaban J connectivity index is 2.50. The highest BCUT2D eigenvalue weighted by Gasteiger charge is 2.21. The number of halogens is 3. The lowest BCUT2D eigenvalue weighted by atomic mass is 10.1. The molecule has 0 saturated carbocycles. The average molecular weight is 301 g/mol. The van der Waals surface area contributed by atoms with E-state index in [2.05, 4.69) is 20.9 Å². The van der Waals surface area contributed by atoms with Gasteiger partial charge in [-0.3, -0.25) is 4.98 Å². The molecule has 0 fully saturated rings. The molecule has 0 amide bonds. The van der Waals surface area contributed by atoms with Crippen LogP contribution in [0.5, 0.6) is 0 Å². The topological polar surface area (TPSA) is 12.9 Å². The van der Waals surface area contributed by atoms with Crippen molar-refractivity contribution < 1.29 is 4.39 Å². The summed E-state index contributed by atoms with van der Waals surface area (Å²) in [5.41, 5.74) is 2.67. The van der Waals surface area contributed by atoms with Gasteiger partial charge in [0.15, 0.2) is 0 Å². The van der Waals surface area contributed by atoms with Gasteiger partial charge in [0.25, 0.3) is 0 Å². The molecule has 0 saturated heterocycles. The molecule has 0 spiro atoms. The van der Waals surface area contributed by atoms with Crippen LogP contribution in [-0.2, 0) is 12.8 Å². The predicted molar refractivity (Wildman–Crippen MR) is 66.4 cm³/mol. The fourth-order valence-corrected chi connectivity index (χ4v) is 3.04. The minimum absolute atomic E-state index is 0.301. The molecule has 0 N–H and O–H groups in total. The first-order valence-electron chi connectivity index (χ1n) is 5.13. The molecule has 0 aliphatic heterocycles. The van der Waals surface area contributed by atoms with Crippen molar-refractivity contribution >= 4 is 38.4 Å². The first-order chi connectivity index (χ1) is 7.68. The molecule has 82 valence electrons. The summed E-state index contributed by atoms with van der Waals surface area (Å²) in [6.07, 6.45) is 2.90.